The van der Waals surface area contributed by atoms with Crippen molar-refractivity contribution in [2.24, 2.45) is 5.92 Å². The van der Waals surface area contributed by atoms with E-state index < -0.39 is 21.7 Å². The Labute approximate surface area is 192 Å². The van der Waals surface area contributed by atoms with Gasteiger partial charge in [-0.15, -0.1) is 0 Å². The van der Waals surface area contributed by atoms with Crippen LogP contribution in [0.3, 0.4) is 0 Å². The van der Waals surface area contributed by atoms with Crippen LogP contribution in [0.1, 0.15) is 30.1 Å². The summed E-state index contributed by atoms with van der Waals surface area (Å²) in [5, 5.41) is 2.90. The Balaban J connectivity index is 1.87. The second-order valence-corrected chi connectivity index (χ2v) is 9.95. The number of halogens is 2. The Hall–Kier alpha value is -2.65. The Morgan fingerprint density at radius 3 is 2.56 bits per heavy atom. The molecule has 0 spiro atoms. The van der Waals surface area contributed by atoms with Crippen LogP contribution >= 0.6 is 11.6 Å². The van der Waals surface area contributed by atoms with Gasteiger partial charge in [0, 0.05) is 26.7 Å². The zero-order valence-corrected chi connectivity index (χ0v) is 19.4. The highest BCUT2D eigenvalue weighted by molar-refractivity contribution is 7.92. The van der Waals surface area contributed by atoms with Crippen molar-refractivity contribution in [1.29, 1.82) is 0 Å². The summed E-state index contributed by atoms with van der Waals surface area (Å²) in [6.45, 7) is 3.04. The first-order chi connectivity index (χ1) is 15.1. The lowest BCUT2D eigenvalue weighted by Gasteiger charge is -2.32. The molecule has 172 valence electrons. The number of piperidine rings is 1. The number of sulfonamides is 1. The molecule has 1 N–H and O–H groups in total. The van der Waals surface area contributed by atoms with E-state index >= 15 is 0 Å². The van der Waals surface area contributed by atoms with Crippen LogP contribution < -0.4 is 9.62 Å². The van der Waals surface area contributed by atoms with Gasteiger partial charge in [0.25, 0.3) is 15.9 Å². The van der Waals surface area contributed by atoms with Gasteiger partial charge in [0.2, 0.25) is 5.91 Å². The van der Waals surface area contributed by atoms with Gasteiger partial charge in [0.05, 0.1) is 27.1 Å². The summed E-state index contributed by atoms with van der Waals surface area (Å²) < 4.78 is 40.4. The van der Waals surface area contributed by atoms with Gasteiger partial charge in [-0.3, -0.25) is 13.9 Å². The Morgan fingerprint density at radius 1 is 1.22 bits per heavy atom. The molecule has 1 saturated heterocycles. The maximum Gasteiger partial charge on any atom is 0.264 e. The third-order valence-corrected chi connectivity index (χ3v) is 7.56. The number of carbonyl (C=O) groups excluding carboxylic acids is 2. The second kappa shape index (κ2) is 9.87. The highest BCUT2D eigenvalue weighted by Crippen LogP contribution is 2.28. The lowest BCUT2D eigenvalue weighted by atomic mass is 9.96. The molecule has 0 saturated carbocycles. The fraction of sp³-hybridized carbons (Fsp3) is 0.364. The number of nitrogens with one attached hydrogen (secondary N) is 1. The van der Waals surface area contributed by atoms with E-state index in [1.807, 2.05) is 6.92 Å². The van der Waals surface area contributed by atoms with E-state index in [9.17, 15) is 22.4 Å². The third kappa shape index (κ3) is 5.05. The van der Waals surface area contributed by atoms with Gasteiger partial charge in [0.1, 0.15) is 5.82 Å². The molecular weight excluding hydrogens is 457 g/mol. The Morgan fingerprint density at radius 2 is 1.91 bits per heavy atom. The largest absolute Gasteiger partial charge is 0.356 e. The summed E-state index contributed by atoms with van der Waals surface area (Å²) in [6.07, 6.45) is 1.34. The Bertz CT molecular complexity index is 1110. The van der Waals surface area contributed by atoms with Gasteiger partial charge in [-0.25, -0.2) is 12.8 Å². The summed E-state index contributed by atoms with van der Waals surface area (Å²) in [4.78, 5) is 26.8. The zero-order valence-electron chi connectivity index (χ0n) is 17.8. The van der Waals surface area contributed by atoms with Crippen LogP contribution in [0.5, 0.6) is 0 Å². The average molecular weight is 482 g/mol. The molecule has 0 radical (unpaired) electrons. The minimum Gasteiger partial charge on any atom is -0.356 e. The molecule has 0 bridgehead atoms. The predicted molar refractivity (Wildman–Crippen MR) is 121 cm³/mol. The molecule has 2 amide bonds. The molecule has 1 unspecified atom stereocenters. The number of anilines is 1. The number of hydrogen-bond donors (Lipinski definition) is 1. The minimum atomic E-state index is -4.02. The SMILES string of the molecule is CCNC(=O)C1CCCN(C(=O)c2cc(S(=O)(=O)N(C)c3ccc(F)cc3)ccc2Cl)C1. The summed E-state index contributed by atoms with van der Waals surface area (Å²) in [6, 6.07) is 8.97. The number of benzene rings is 2. The van der Waals surface area contributed by atoms with E-state index in [1.54, 1.807) is 0 Å². The molecule has 7 nitrogen and oxygen atoms in total. The molecule has 1 heterocycles. The van der Waals surface area contributed by atoms with Crippen molar-refractivity contribution >= 4 is 39.1 Å². The van der Waals surface area contributed by atoms with Crippen LogP contribution in [0, 0.1) is 11.7 Å². The lowest BCUT2D eigenvalue weighted by molar-refractivity contribution is -0.126. The first-order valence-corrected chi connectivity index (χ1v) is 12.1. The molecule has 2 aromatic rings. The normalized spacial score (nSPS) is 16.5. The van der Waals surface area contributed by atoms with E-state index in [0.29, 0.717) is 25.9 Å². The smallest absolute Gasteiger partial charge is 0.264 e. The molecule has 3 rings (SSSR count). The predicted octanol–water partition coefficient (Wildman–Crippen LogP) is 3.29. The average Bonchev–Trinajstić information content (AvgIpc) is 2.79. The monoisotopic (exact) mass is 481 g/mol. The van der Waals surface area contributed by atoms with Crippen LogP contribution in [-0.2, 0) is 14.8 Å². The van der Waals surface area contributed by atoms with E-state index in [4.69, 9.17) is 11.6 Å². The number of likely N-dealkylation sites (tertiary alicyclic amines) is 1. The van der Waals surface area contributed by atoms with Crippen LogP contribution in [0.15, 0.2) is 47.4 Å². The maximum absolute atomic E-state index is 13.2. The van der Waals surface area contributed by atoms with Crippen molar-refractivity contribution in [2.75, 3.05) is 31.0 Å². The van der Waals surface area contributed by atoms with Gasteiger partial charge in [-0.2, -0.15) is 0 Å². The minimum absolute atomic E-state index is 0.0526. The molecule has 2 aromatic carbocycles. The molecule has 1 aliphatic heterocycles. The third-order valence-electron chi connectivity index (χ3n) is 5.45. The fourth-order valence-electron chi connectivity index (χ4n) is 3.64. The van der Waals surface area contributed by atoms with Crippen molar-refractivity contribution in [1.82, 2.24) is 10.2 Å². The Kier molecular flexibility index (Phi) is 7.40. The zero-order chi connectivity index (χ0) is 23.5. The molecule has 1 atom stereocenters. The van der Waals surface area contributed by atoms with Gasteiger partial charge in [0.15, 0.2) is 0 Å². The van der Waals surface area contributed by atoms with Crippen LogP contribution in [-0.4, -0.2) is 51.8 Å². The summed E-state index contributed by atoms with van der Waals surface area (Å²) >= 11 is 6.25. The molecule has 0 aromatic heterocycles. The number of rotatable bonds is 6. The van der Waals surface area contributed by atoms with E-state index in [1.165, 1.54) is 54.4 Å². The highest BCUT2D eigenvalue weighted by Gasteiger charge is 2.31. The topological polar surface area (TPSA) is 86.8 Å². The molecule has 0 aliphatic carbocycles. The standard InChI is InChI=1S/C22H25ClFN3O4S/c1-3-25-21(28)15-5-4-12-27(14-15)22(29)19-13-18(10-11-20(19)23)32(30,31)26(2)17-8-6-16(24)7-9-17/h6-11,13,15H,3-5,12,14H2,1-2H3,(H,25,28). The van der Waals surface area contributed by atoms with E-state index in [2.05, 4.69) is 5.32 Å². The number of hydrogen-bond acceptors (Lipinski definition) is 4. The summed E-state index contributed by atoms with van der Waals surface area (Å²) in [7, 11) is -2.68. The fourth-order valence-corrected chi connectivity index (χ4v) is 5.06. The molecule has 32 heavy (non-hydrogen) atoms. The lowest BCUT2D eigenvalue weighted by Crippen LogP contribution is -2.45. The van der Waals surface area contributed by atoms with Gasteiger partial charge in [-0.05, 0) is 62.2 Å². The number of nitrogens with zero attached hydrogens (tertiary/aromatic N) is 2. The van der Waals surface area contributed by atoms with Crippen molar-refractivity contribution in [3.8, 4) is 0 Å². The maximum atomic E-state index is 13.2. The van der Waals surface area contributed by atoms with Crippen molar-refractivity contribution in [3.05, 3.63) is 58.9 Å². The number of carbonyl (C=O) groups is 2. The molecule has 1 fully saturated rings. The first kappa shape index (κ1) is 24.0. The summed E-state index contributed by atoms with van der Waals surface area (Å²) in [5.74, 6) is -1.33. The van der Waals surface area contributed by atoms with Crippen LogP contribution in [0.2, 0.25) is 5.02 Å². The molecule has 1 aliphatic rings. The van der Waals surface area contributed by atoms with Crippen molar-refractivity contribution < 1.29 is 22.4 Å². The van der Waals surface area contributed by atoms with E-state index in [-0.39, 0.29) is 39.5 Å². The van der Waals surface area contributed by atoms with Crippen LogP contribution in [0.4, 0.5) is 10.1 Å². The molecule has 10 heteroatoms. The first-order valence-electron chi connectivity index (χ1n) is 10.3. The summed E-state index contributed by atoms with van der Waals surface area (Å²) in [5.41, 5.74) is 0.326. The van der Waals surface area contributed by atoms with Gasteiger partial charge < -0.3 is 10.2 Å². The van der Waals surface area contributed by atoms with Gasteiger partial charge >= 0.3 is 0 Å². The van der Waals surface area contributed by atoms with Gasteiger partial charge in [-0.1, -0.05) is 11.6 Å². The van der Waals surface area contributed by atoms with E-state index in [0.717, 1.165) is 4.31 Å². The quantitative estimate of drug-likeness (QED) is 0.686. The van der Waals surface area contributed by atoms with Crippen LogP contribution in [0.25, 0.3) is 0 Å². The number of amides is 2. The molecular formula is C22H25ClFN3O4S. The van der Waals surface area contributed by atoms with Crippen molar-refractivity contribution in [2.45, 2.75) is 24.7 Å². The van der Waals surface area contributed by atoms with Crippen molar-refractivity contribution in [3.63, 3.8) is 0 Å². The highest BCUT2D eigenvalue weighted by atomic mass is 35.5. The second-order valence-electron chi connectivity index (χ2n) is 7.58.